The number of hydrogen-bond donors (Lipinski definition) is 1. The second-order valence-electron chi connectivity index (χ2n) is 8.58. The summed E-state index contributed by atoms with van der Waals surface area (Å²) in [6, 6.07) is 13.9. The molecule has 0 spiro atoms. The van der Waals surface area contributed by atoms with Crippen LogP contribution in [0.4, 0.5) is 10.2 Å². The van der Waals surface area contributed by atoms with Gasteiger partial charge in [0.1, 0.15) is 5.82 Å². The van der Waals surface area contributed by atoms with E-state index in [0.717, 1.165) is 23.1 Å². The van der Waals surface area contributed by atoms with Crippen molar-refractivity contribution in [2.45, 2.75) is 0 Å². The molecule has 184 valence electrons. The maximum absolute atomic E-state index is 14.8. The van der Waals surface area contributed by atoms with Crippen LogP contribution in [0.25, 0.3) is 27.8 Å². The van der Waals surface area contributed by atoms with Gasteiger partial charge in [-0.3, -0.25) is 9.59 Å². The van der Waals surface area contributed by atoms with Gasteiger partial charge in [0.2, 0.25) is 0 Å². The molecule has 0 saturated carbocycles. The van der Waals surface area contributed by atoms with Crippen molar-refractivity contribution in [3.8, 4) is 16.9 Å². The number of nitrogens with zero attached hydrogens (tertiary/aromatic N) is 7. The molecule has 1 aliphatic rings. The van der Waals surface area contributed by atoms with E-state index in [1.165, 1.54) is 22.0 Å². The zero-order valence-electron chi connectivity index (χ0n) is 19.6. The van der Waals surface area contributed by atoms with Crippen LogP contribution >= 0.6 is 0 Å². The smallest absolute Gasteiger partial charge is 0.295 e. The number of pyridine rings is 2. The molecule has 5 heterocycles. The standard InChI is InChI=1S/C26H21FN8O2/c27-20-16-30-25(35-10-9-31-32-35)22-21(20)19(15-29-22)23(36)26(37)34-13-11-33(12-14-34)24-18(7-4-8-28-24)17-5-2-1-3-6-17/h1-10,15-16,29H,11-14H2. The van der Waals surface area contributed by atoms with Crippen LogP contribution in [0.1, 0.15) is 10.4 Å². The second-order valence-corrected chi connectivity index (χ2v) is 8.58. The average molecular weight is 497 g/mol. The van der Waals surface area contributed by atoms with Crippen LogP contribution < -0.4 is 4.90 Å². The zero-order valence-corrected chi connectivity index (χ0v) is 19.6. The highest BCUT2D eigenvalue weighted by Gasteiger charge is 2.31. The monoisotopic (exact) mass is 496 g/mol. The van der Waals surface area contributed by atoms with Gasteiger partial charge >= 0.3 is 0 Å². The molecule has 0 aliphatic carbocycles. The molecule has 37 heavy (non-hydrogen) atoms. The van der Waals surface area contributed by atoms with E-state index in [9.17, 15) is 14.0 Å². The predicted octanol–water partition coefficient (Wildman–Crippen LogP) is 2.88. The van der Waals surface area contributed by atoms with Crippen LogP contribution in [0.5, 0.6) is 0 Å². The summed E-state index contributed by atoms with van der Waals surface area (Å²) in [6.45, 7) is 1.70. The van der Waals surface area contributed by atoms with Gasteiger partial charge in [0.25, 0.3) is 11.7 Å². The summed E-state index contributed by atoms with van der Waals surface area (Å²) in [4.78, 5) is 41.5. The molecular weight excluding hydrogens is 475 g/mol. The van der Waals surface area contributed by atoms with E-state index in [1.54, 1.807) is 12.4 Å². The van der Waals surface area contributed by atoms with E-state index in [4.69, 9.17) is 0 Å². The molecule has 5 aromatic rings. The van der Waals surface area contributed by atoms with E-state index in [0.29, 0.717) is 26.2 Å². The highest BCUT2D eigenvalue weighted by atomic mass is 19.1. The van der Waals surface area contributed by atoms with Crippen molar-refractivity contribution in [1.82, 2.24) is 34.8 Å². The Morgan fingerprint density at radius 3 is 2.49 bits per heavy atom. The van der Waals surface area contributed by atoms with Crippen LogP contribution in [0.2, 0.25) is 0 Å². The number of carbonyl (C=O) groups excluding carboxylic acids is 2. The Hall–Kier alpha value is -4.93. The predicted molar refractivity (Wildman–Crippen MR) is 134 cm³/mol. The van der Waals surface area contributed by atoms with Gasteiger partial charge in [0, 0.05) is 44.1 Å². The van der Waals surface area contributed by atoms with Gasteiger partial charge in [0.15, 0.2) is 11.6 Å². The molecule has 0 unspecified atom stereocenters. The summed E-state index contributed by atoms with van der Waals surface area (Å²) >= 11 is 0. The van der Waals surface area contributed by atoms with Gasteiger partial charge in [-0.05, 0) is 17.7 Å². The molecular formula is C26H21FN8O2. The molecule has 4 aromatic heterocycles. The number of aromatic amines is 1. The normalized spacial score (nSPS) is 13.8. The number of anilines is 1. The maximum atomic E-state index is 14.8. The summed E-state index contributed by atoms with van der Waals surface area (Å²) in [6.07, 6.45) is 7.10. The summed E-state index contributed by atoms with van der Waals surface area (Å²) in [5, 5.41) is 7.62. The van der Waals surface area contributed by atoms with Gasteiger partial charge in [-0.15, -0.1) is 5.10 Å². The Bertz CT molecular complexity index is 1590. The quantitative estimate of drug-likeness (QED) is 0.294. The Kier molecular flexibility index (Phi) is 5.64. The number of benzene rings is 1. The maximum Gasteiger partial charge on any atom is 0.295 e. The third-order valence-corrected chi connectivity index (χ3v) is 6.46. The SMILES string of the molecule is O=C(C(=O)N1CCN(c2ncccc2-c2ccccc2)CC1)c1c[nH]c2c(-n3ccnn3)ncc(F)c12. The van der Waals surface area contributed by atoms with Crippen molar-refractivity contribution < 1.29 is 14.0 Å². The number of H-pyrrole nitrogens is 1. The van der Waals surface area contributed by atoms with Crippen molar-refractivity contribution in [2.75, 3.05) is 31.1 Å². The lowest BCUT2D eigenvalue weighted by atomic mass is 10.1. The Morgan fingerprint density at radius 2 is 1.73 bits per heavy atom. The van der Waals surface area contributed by atoms with Gasteiger partial charge < -0.3 is 14.8 Å². The first kappa shape index (κ1) is 22.5. The number of hydrogen-bond acceptors (Lipinski definition) is 7. The average Bonchev–Trinajstić information content (AvgIpc) is 3.65. The molecule has 1 fully saturated rings. The fraction of sp³-hybridized carbons (Fsp3) is 0.154. The molecule has 1 saturated heterocycles. The number of Topliss-reactive ketones (excluding diaryl/α,β-unsaturated/α-hetero) is 1. The van der Waals surface area contributed by atoms with Gasteiger partial charge in [0.05, 0.1) is 35.1 Å². The van der Waals surface area contributed by atoms with Crippen LogP contribution in [0, 0.1) is 5.82 Å². The summed E-state index contributed by atoms with van der Waals surface area (Å²) in [5.74, 6) is -1.05. The van der Waals surface area contributed by atoms with E-state index in [1.807, 2.05) is 42.5 Å². The number of aromatic nitrogens is 6. The second kappa shape index (κ2) is 9.26. The first-order valence-corrected chi connectivity index (χ1v) is 11.7. The number of carbonyl (C=O) groups is 2. The van der Waals surface area contributed by atoms with Crippen molar-refractivity contribution >= 4 is 28.4 Å². The number of piperazine rings is 1. The molecule has 1 amide bonds. The first-order chi connectivity index (χ1) is 18.1. The highest BCUT2D eigenvalue weighted by molar-refractivity contribution is 6.45. The number of halogens is 1. The molecule has 0 atom stereocenters. The van der Waals surface area contributed by atoms with Crippen molar-refractivity contribution in [2.24, 2.45) is 0 Å². The zero-order chi connectivity index (χ0) is 25.4. The third-order valence-electron chi connectivity index (χ3n) is 6.46. The number of fused-ring (bicyclic) bond motifs is 1. The van der Waals surface area contributed by atoms with E-state index >= 15 is 0 Å². The molecule has 6 rings (SSSR count). The number of nitrogens with one attached hydrogen (secondary N) is 1. The molecule has 1 N–H and O–H groups in total. The fourth-order valence-corrected chi connectivity index (χ4v) is 4.64. The Balaban J connectivity index is 1.21. The minimum absolute atomic E-state index is 0.00141. The fourth-order valence-electron chi connectivity index (χ4n) is 4.64. The molecule has 1 aliphatic heterocycles. The largest absolute Gasteiger partial charge is 0.357 e. The minimum atomic E-state index is -0.780. The minimum Gasteiger partial charge on any atom is -0.357 e. The first-order valence-electron chi connectivity index (χ1n) is 11.7. The number of amides is 1. The topological polar surface area (TPSA) is 113 Å². The Morgan fingerprint density at radius 1 is 0.919 bits per heavy atom. The van der Waals surface area contributed by atoms with Crippen LogP contribution in [0.15, 0.2) is 73.4 Å². The summed E-state index contributed by atoms with van der Waals surface area (Å²) in [7, 11) is 0. The van der Waals surface area contributed by atoms with Gasteiger partial charge in [-0.2, -0.15) is 0 Å². The van der Waals surface area contributed by atoms with Gasteiger partial charge in [-0.25, -0.2) is 19.0 Å². The molecule has 0 bridgehead atoms. The van der Waals surface area contributed by atoms with Gasteiger partial charge in [-0.1, -0.05) is 35.5 Å². The summed E-state index contributed by atoms with van der Waals surface area (Å²) < 4.78 is 16.1. The van der Waals surface area contributed by atoms with Crippen molar-refractivity contribution in [3.05, 3.63) is 84.8 Å². The lowest BCUT2D eigenvalue weighted by Gasteiger charge is -2.35. The van der Waals surface area contributed by atoms with Crippen LogP contribution in [-0.2, 0) is 4.79 Å². The van der Waals surface area contributed by atoms with Crippen molar-refractivity contribution in [3.63, 3.8) is 0 Å². The lowest BCUT2D eigenvalue weighted by molar-refractivity contribution is -0.126. The lowest BCUT2D eigenvalue weighted by Crippen LogP contribution is -2.51. The Labute approximate surface area is 210 Å². The van der Waals surface area contributed by atoms with E-state index < -0.39 is 17.5 Å². The molecule has 0 radical (unpaired) electrons. The molecule has 10 nitrogen and oxygen atoms in total. The van der Waals surface area contributed by atoms with E-state index in [-0.39, 0.29) is 22.3 Å². The van der Waals surface area contributed by atoms with E-state index in [2.05, 4.69) is 30.2 Å². The number of ketones is 1. The third kappa shape index (κ3) is 3.99. The summed E-state index contributed by atoms with van der Waals surface area (Å²) in [5.41, 5.74) is 2.28. The highest BCUT2D eigenvalue weighted by Crippen LogP contribution is 2.30. The van der Waals surface area contributed by atoms with Crippen LogP contribution in [0.3, 0.4) is 0 Å². The molecule has 1 aromatic carbocycles. The van der Waals surface area contributed by atoms with Crippen LogP contribution in [-0.4, -0.2) is 72.7 Å². The number of rotatable bonds is 5. The molecule has 11 heteroatoms. The van der Waals surface area contributed by atoms with Crippen molar-refractivity contribution in [1.29, 1.82) is 0 Å².